The van der Waals surface area contributed by atoms with E-state index < -0.39 is 29.3 Å². The number of aliphatic hydroxyl groups is 1. The third-order valence-electron chi connectivity index (χ3n) is 5.19. The first-order valence-electron chi connectivity index (χ1n) is 9.57. The summed E-state index contributed by atoms with van der Waals surface area (Å²) in [5.74, 6) is -2.39. The van der Waals surface area contributed by atoms with Crippen LogP contribution >= 0.6 is 0 Å². The first-order chi connectivity index (χ1) is 14.4. The number of halogens is 1. The summed E-state index contributed by atoms with van der Waals surface area (Å²) in [7, 11) is 2.94. The normalized spacial score (nSPS) is 18.1. The molecule has 0 aromatic heterocycles. The highest BCUT2D eigenvalue weighted by atomic mass is 19.1. The molecule has 7 heteroatoms. The van der Waals surface area contributed by atoms with Crippen LogP contribution in [0.3, 0.4) is 0 Å². The van der Waals surface area contributed by atoms with Gasteiger partial charge in [0.1, 0.15) is 17.3 Å². The maximum atomic E-state index is 13.9. The number of hydrogen-bond acceptors (Lipinski definition) is 5. The van der Waals surface area contributed by atoms with E-state index in [1.807, 2.05) is 25.1 Å². The number of ether oxygens (including phenoxy) is 2. The Kier molecular flexibility index (Phi) is 6.52. The Morgan fingerprint density at radius 2 is 1.90 bits per heavy atom. The number of aryl methyl sites for hydroxylation is 1. The predicted octanol–water partition coefficient (Wildman–Crippen LogP) is 3.60. The van der Waals surface area contributed by atoms with Gasteiger partial charge in [0.15, 0.2) is 0 Å². The molecule has 1 amide bonds. The Balaban J connectivity index is 2.21. The van der Waals surface area contributed by atoms with Gasteiger partial charge in [0, 0.05) is 20.3 Å². The lowest BCUT2D eigenvalue weighted by Crippen LogP contribution is -2.31. The minimum absolute atomic E-state index is 0.0194. The number of carbonyl (C=O) groups excluding carboxylic acids is 2. The average molecular weight is 413 g/mol. The molecule has 30 heavy (non-hydrogen) atoms. The summed E-state index contributed by atoms with van der Waals surface area (Å²) < 4.78 is 24.2. The van der Waals surface area contributed by atoms with Crippen LogP contribution in [-0.4, -0.2) is 49.1 Å². The van der Waals surface area contributed by atoms with Gasteiger partial charge in [-0.05, 0) is 42.7 Å². The van der Waals surface area contributed by atoms with Crippen LogP contribution in [0.5, 0.6) is 5.75 Å². The molecule has 0 saturated carbocycles. The van der Waals surface area contributed by atoms with E-state index in [-0.39, 0.29) is 23.4 Å². The first kappa shape index (κ1) is 21.5. The Labute approximate surface area is 174 Å². The van der Waals surface area contributed by atoms with Gasteiger partial charge < -0.3 is 19.5 Å². The van der Waals surface area contributed by atoms with Crippen molar-refractivity contribution in [2.24, 2.45) is 0 Å². The number of methoxy groups -OCH3 is 2. The van der Waals surface area contributed by atoms with Crippen molar-refractivity contribution in [2.45, 2.75) is 19.4 Å². The van der Waals surface area contributed by atoms with E-state index in [9.17, 15) is 19.1 Å². The Morgan fingerprint density at radius 1 is 1.17 bits per heavy atom. The number of hydrogen-bond donors (Lipinski definition) is 1. The molecular weight excluding hydrogens is 389 g/mol. The van der Waals surface area contributed by atoms with Crippen molar-refractivity contribution >= 4 is 17.4 Å². The lowest BCUT2D eigenvalue weighted by atomic mass is 9.92. The molecule has 1 unspecified atom stereocenters. The highest BCUT2D eigenvalue weighted by Crippen LogP contribution is 2.41. The second-order valence-corrected chi connectivity index (χ2v) is 7.04. The van der Waals surface area contributed by atoms with Crippen LogP contribution in [0.4, 0.5) is 4.39 Å². The number of amides is 1. The van der Waals surface area contributed by atoms with Gasteiger partial charge in [-0.15, -0.1) is 0 Å². The molecule has 0 spiro atoms. The zero-order chi connectivity index (χ0) is 21.8. The number of Topliss-reactive ketones (excluding diaryl/α,β-unsaturated/α-hetero) is 1. The molecule has 0 aliphatic carbocycles. The lowest BCUT2D eigenvalue weighted by molar-refractivity contribution is -0.140. The van der Waals surface area contributed by atoms with Gasteiger partial charge in [-0.1, -0.05) is 24.3 Å². The summed E-state index contributed by atoms with van der Waals surface area (Å²) in [5.41, 5.74) is 1.51. The summed E-state index contributed by atoms with van der Waals surface area (Å²) in [4.78, 5) is 27.2. The molecule has 1 saturated heterocycles. The van der Waals surface area contributed by atoms with Crippen LogP contribution in [0, 0.1) is 12.7 Å². The molecule has 0 bridgehead atoms. The van der Waals surface area contributed by atoms with Crippen LogP contribution < -0.4 is 4.74 Å². The smallest absolute Gasteiger partial charge is 0.295 e. The summed E-state index contributed by atoms with van der Waals surface area (Å²) >= 11 is 0. The largest absolute Gasteiger partial charge is 0.507 e. The van der Waals surface area contributed by atoms with Crippen molar-refractivity contribution in [3.8, 4) is 5.75 Å². The minimum Gasteiger partial charge on any atom is -0.507 e. The second-order valence-electron chi connectivity index (χ2n) is 7.04. The molecule has 1 aliphatic heterocycles. The van der Waals surface area contributed by atoms with Crippen molar-refractivity contribution in [2.75, 3.05) is 27.4 Å². The van der Waals surface area contributed by atoms with Crippen LogP contribution in [0.25, 0.3) is 5.76 Å². The van der Waals surface area contributed by atoms with Crippen molar-refractivity contribution in [3.63, 3.8) is 0 Å². The molecule has 1 heterocycles. The van der Waals surface area contributed by atoms with Gasteiger partial charge in [0.05, 0.1) is 24.3 Å². The summed E-state index contributed by atoms with van der Waals surface area (Å²) in [6.07, 6.45) is 0.523. The highest BCUT2D eigenvalue weighted by Gasteiger charge is 2.46. The van der Waals surface area contributed by atoms with E-state index in [2.05, 4.69) is 0 Å². The van der Waals surface area contributed by atoms with Crippen molar-refractivity contribution in [1.82, 2.24) is 4.90 Å². The number of nitrogens with zero attached hydrogens (tertiary/aromatic N) is 1. The van der Waals surface area contributed by atoms with Gasteiger partial charge in [0.25, 0.3) is 11.7 Å². The van der Waals surface area contributed by atoms with Crippen molar-refractivity contribution in [1.29, 1.82) is 0 Å². The number of benzene rings is 2. The van der Waals surface area contributed by atoms with Crippen molar-refractivity contribution in [3.05, 3.63) is 70.5 Å². The Morgan fingerprint density at radius 3 is 2.57 bits per heavy atom. The van der Waals surface area contributed by atoms with Gasteiger partial charge in [-0.2, -0.15) is 0 Å². The van der Waals surface area contributed by atoms with Crippen molar-refractivity contribution < 1.29 is 28.6 Å². The topological polar surface area (TPSA) is 76.1 Å². The maximum absolute atomic E-state index is 13.9. The number of rotatable bonds is 7. The second kappa shape index (κ2) is 9.09. The Hall–Kier alpha value is -3.19. The fourth-order valence-corrected chi connectivity index (χ4v) is 3.72. The van der Waals surface area contributed by atoms with E-state index in [1.54, 1.807) is 13.2 Å². The Bertz CT molecular complexity index is 1000. The van der Waals surface area contributed by atoms with E-state index in [1.165, 1.54) is 24.1 Å². The van der Waals surface area contributed by atoms with E-state index in [4.69, 9.17) is 9.47 Å². The summed E-state index contributed by atoms with van der Waals surface area (Å²) in [6, 6.07) is 10.2. The first-order valence-corrected chi connectivity index (χ1v) is 9.57. The molecule has 2 aromatic carbocycles. The molecule has 2 aromatic rings. The van der Waals surface area contributed by atoms with Crippen LogP contribution in [0.15, 0.2) is 48.0 Å². The number of aliphatic hydroxyl groups excluding tert-OH is 1. The molecule has 1 aliphatic rings. The van der Waals surface area contributed by atoms with E-state index in [0.717, 1.165) is 11.6 Å². The highest BCUT2D eigenvalue weighted by molar-refractivity contribution is 6.46. The number of carbonyl (C=O) groups is 2. The van der Waals surface area contributed by atoms with E-state index >= 15 is 0 Å². The van der Waals surface area contributed by atoms with Crippen LogP contribution in [0.2, 0.25) is 0 Å². The molecular formula is C23H24FNO5. The van der Waals surface area contributed by atoms with Gasteiger partial charge in [-0.3, -0.25) is 9.59 Å². The molecule has 1 fully saturated rings. The number of likely N-dealkylation sites (tertiary alicyclic amines) is 1. The zero-order valence-electron chi connectivity index (χ0n) is 17.1. The van der Waals surface area contributed by atoms with Crippen LogP contribution in [-0.2, 0) is 14.3 Å². The molecule has 1 N–H and O–H groups in total. The molecule has 1 atom stereocenters. The van der Waals surface area contributed by atoms with Gasteiger partial charge in [0.2, 0.25) is 0 Å². The fraction of sp³-hybridized carbons (Fsp3) is 0.304. The molecule has 0 radical (unpaired) electrons. The van der Waals surface area contributed by atoms with Crippen LogP contribution in [0.1, 0.15) is 29.2 Å². The van der Waals surface area contributed by atoms with Gasteiger partial charge >= 0.3 is 0 Å². The monoisotopic (exact) mass is 413 g/mol. The third kappa shape index (κ3) is 3.93. The number of ketones is 1. The molecule has 158 valence electrons. The van der Waals surface area contributed by atoms with E-state index in [0.29, 0.717) is 18.6 Å². The summed E-state index contributed by atoms with van der Waals surface area (Å²) in [5, 5.41) is 11.1. The summed E-state index contributed by atoms with van der Waals surface area (Å²) in [6.45, 7) is 2.56. The average Bonchev–Trinajstić information content (AvgIpc) is 2.98. The fourth-order valence-electron chi connectivity index (χ4n) is 3.72. The maximum Gasteiger partial charge on any atom is 0.295 e. The molecule has 3 rings (SSSR count). The standard InChI is InChI=1S/C23H24FNO5/c1-14-7-4-5-8-16(14)20-19(22(27)23(28)25(20)11-6-12-29-2)21(26)17-13-15(24)9-10-18(17)30-3/h4-5,7-10,13,20,26H,6,11-12H2,1-3H3/b21-19+. The minimum atomic E-state index is -0.815. The zero-order valence-corrected chi connectivity index (χ0v) is 17.1. The lowest BCUT2D eigenvalue weighted by Gasteiger charge is -2.26. The molecule has 6 nitrogen and oxygen atoms in total. The quantitative estimate of drug-likeness (QED) is 0.325. The third-order valence-corrected chi connectivity index (χ3v) is 5.19. The SMILES string of the molecule is COCCCN1C(=O)C(=O)/C(=C(/O)c2cc(F)ccc2OC)C1c1ccccc1C. The van der Waals surface area contributed by atoms with Gasteiger partial charge in [-0.25, -0.2) is 4.39 Å². The predicted molar refractivity (Wildman–Crippen MR) is 110 cm³/mol.